The van der Waals surface area contributed by atoms with E-state index >= 15 is 0 Å². The number of hydrogen-bond acceptors (Lipinski definition) is 3. The first kappa shape index (κ1) is 15.5. The third-order valence-electron chi connectivity index (χ3n) is 3.81. The summed E-state index contributed by atoms with van der Waals surface area (Å²) in [5, 5.41) is 11.3. The van der Waals surface area contributed by atoms with Crippen LogP contribution in [0.3, 0.4) is 0 Å². The first-order valence-corrected chi connectivity index (χ1v) is 7.86. The predicted molar refractivity (Wildman–Crippen MR) is 91.6 cm³/mol. The Bertz CT molecular complexity index is 859. The Hall–Kier alpha value is -2.40. The van der Waals surface area contributed by atoms with E-state index in [1.165, 1.54) is 0 Å². The maximum Gasteiger partial charge on any atom is 0.272 e. The molecule has 2 N–H and O–H groups in total. The average Bonchev–Trinajstić information content (AvgIpc) is 2.97. The molecule has 0 saturated heterocycles. The Morgan fingerprint density at radius 1 is 1.30 bits per heavy atom. The maximum absolute atomic E-state index is 12.4. The fraction of sp³-hybridized carbons (Fsp3) is 0.235. The highest BCUT2D eigenvalue weighted by atomic mass is 35.5. The van der Waals surface area contributed by atoms with Crippen LogP contribution in [0.5, 0.6) is 0 Å². The van der Waals surface area contributed by atoms with Crippen molar-refractivity contribution in [2.24, 2.45) is 0 Å². The molecule has 0 saturated carbocycles. The molecular weight excluding hydrogens is 312 g/mol. The van der Waals surface area contributed by atoms with Crippen molar-refractivity contribution in [3.63, 3.8) is 0 Å². The Balaban J connectivity index is 2.02. The molecule has 2 heterocycles. The third kappa shape index (κ3) is 3.19. The number of nitrogens with one attached hydrogen (secondary N) is 2. The summed E-state index contributed by atoms with van der Waals surface area (Å²) in [4.78, 5) is 16.5. The van der Waals surface area contributed by atoms with Crippen LogP contribution in [0.4, 0.5) is 0 Å². The third-order valence-corrected chi connectivity index (χ3v) is 4.01. The molecule has 0 aliphatic carbocycles. The second kappa shape index (κ2) is 6.38. The summed E-state index contributed by atoms with van der Waals surface area (Å²) in [7, 11) is 0. The summed E-state index contributed by atoms with van der Waals surface area (Å²) < 4.78 is 0. The van der Waals surface area contributed by atoms with Gasteiger partial charge in [0, 0.05) is 29.4 Å². The lowest BCUT2D eigenvalue weighted by molar-refractivity contribution is 0.0936. The van der Waals surface area contributed by atoms with Crippen LogP contribution in [0, 0.1) is 0 Å². The van der Waals surface area contributed by atoms with E-state index in [0.29, 0.717) is 10.7 Å². The molecule has 0 aliphatic heterocycles. The van der Waals surface area contributed by atoms with Crippen molar-refractivity contribution >= 4 is 28.4 Å². The van der Waals surface area contributed by atoms with Gasteiger partial charge in [0.05, 0.1) is 10.5 Å². The number of rotatable bonds is 4. The molecule has 3 rings (SSSR count). The number of aromatic nitrogens is 3. The van der Waals surface area contributed by atoms with Gasteiger partial charge in [-0.05, 0) is 37.1 Å². The van der Waals surface area contributed by atoms with Crippen molar-refractivity contribution in [1.29, 1.82) is 0 Å². The molecule has 1 atom stereocenters. The summed E-state index contributed by atoms with van der Waals surface area (Å²) in [6.07, 6.45) is 4.20. The largest absolute Gasteiger partial charge is 0.348 e. The number of pyridine rings is 1. The van der Waals surface area contributed by atoms with Crippen LogP contribution < -0.4 is 5.32 Å². The SMILES string of the molecule is CC[C@@H](C)NC(=O)c1n[nH]c2ccc(-c3cncc(Cl)c3)cc12. The van der Waals surface area contributed by atoms with Gasteiger partial charge in [-0.25, -0.2) is 0 Å². The number of benzene rings is 1. The average molecular weight is 329 g/mol. The van der Waals surface area contributed by atoms with Crippen LogP contribution in [0.2, 0.25) is 5.02 Å². The standard InChI is InChI=1S/C17H17ClN4O/c1-3-10(2)20-17(23)16-14-7-11(4-5-15(14)21-22-16)12-6-13(18)9-19-8-12/h4-10H,3H2,1-2H3,(H,20,23)(H,21,22)/t10-/m1/s1. The Kier molecular flexibility index (Phi) is 4.30. The Morgan fingerprint density at radius 3 is 2.87 bits per heavy atom. The van der Waals surface area contributed by atoms with Crippen molar-refractivity contribution in [3.05, 3.63) is 47.4 Å². The van der Waals surface area contributed by atoms with Gasteiger partial charge in [-0.15, -0.1) is 0 Å². The molecule has 2 aromatic heterocycles. The lowest BCUT2D eigenvalue weighted by Gasteiger charge is -2.10. The number of amides is 1. The highest BCUT2D eigenvalue weighted by molar-refractivity contribution is 6.30. The zero-order valence-electron chi connectivity index (χ0n) is 12.9. The Labute approximate surface area is 139 Å². The van der Waals surface area contributed by atoms with Gasteiger partial charge in [0.1, 0.15) is 0 Å². The summed E-state index contributed by atoms with van der Waals surface area (Å²) in [5.74, 6) is -0.174. The van der Waals surface area contributed by atoms with Gasteiger partial charge in [-0.2, -0.15) is 5.10 Å². The minimum Gasteiger partial charge on any atom is -0.348 e. The van der Waals surface area contributed by atoms with E-state index in [1.54, 1.807) is 12.4 Å². The van der Waals surface area contributed by atoms with E-state index < -0.39 is 0 Å². The van der Waals surface area contributed by atoms with Gasteiger partial charge in [0.2, 0.25) is 0 Å². The molecule has 5 nitrogen and oxygen atoms in total. The van der Waals surface area contributed by atoms with Gasteiger partial charge < -0.3 is 5.32 Å². The van der Waals surface area contributed by atoms with Gasteiger partial charge in [-0.3, -0.25) is 14.9 Å². The summed E-state index contributed by atoms with van der Waals surface area (Å²) >= 11 is 6.00. The van der Waals surface area contributed by atoms with E-state index in [2.05, 4.69) is 20.5 Å². The first-order chi connectivity index (χ1) is 11.1. The quantitative estimate of drug-likeness (QED) is 0.765. The van der Waals surface area contributed by atoms with Crippen LogP contribution in [0.15, 0.2) is 36.7 Å². The van der Waals surface area contributed by atoms with Crippen molar-refractivity contribution < 1.29 is 4.79 Å². The van der Waals surface area contributed by atoms with Gasteiger partial charge in [0.25, 0.3) is 5.91 Å². The van der Waals surface area contributed by atoms with Crippen molar-refractivity contribution in [2.75, 3.05) is 0 Å². The number of halogens is 1. The minimum atomic E-state index is -0.174. The van der Waals surface area contributed by atoms with Crippen molar-refractivity contribution in [3.8, 4) is 11.1 Å². The lowest BCUT2D eigenvalue weighted by atomic mass is 10.0. The molecule has 0 spiro atoms. The summed E-state index contributed by atoms with van der Waals surface area (Å²) in [6.45, 7) is 3.99. The second-order valence-corrected chi connectivity index (χ2v) is 5.94. The topological polar surface area (TPSA) is 70.7 Å². The van der Waals surface area contributed by atoms with Gasteiger partial charge >= 0.3 is 0 Å². The monoisotopic (exact) mass is 328 g/mol. The zero-order valence-corrected chi connectivity index (χ0v) is 13.7. The number of carbonyl (C=O) groups is 1. The number of carbonyl (C=O) groups excluding carboxylic acids is 1. The molecule has 0 fully saturated rings. The molecule has 0 aliphatic rings. The van der Waals surface area contributed by atoms with E-state index in [1.807, 2.05) is 38.1 Å². The van der Waals surface area contributed by atoms with E-state index in [0.717, 1.165) is 28.5 Å². The van der Waals surface area contributed by atoms with Crippen molar-refractivity contribution in [2.45, 2.75) is 26.3 Å². The maximum atomic E-state index is 12.4. The molecule has 1 amide bonds. The van der Waals surface area contributed by atoms with E-state index in [4.69, 9.17) is 11.6 Å². The summed E-state index contributed by atoms with van der Waals surface area (Å²) in [5.41, 5.74) is 3.05. The lowest BCUT2D eigenvalue weighted by Crippen LogP contribution is -2.32. The molecule has 118 valence electrons. The molecular formula is C17H17ClN4O. The molecule has 0 bridgehead atoms. The highest BCUT2D eigenvalue weighted by Crippen LogP contribution is 2.26. The molecule has 0 radical (unpaired) electrons. The first-order valence-electron chi connectivity index (χ1n) is 7.48. The zero-order chi connectivity index (χ0) is 16.4. The number of aromatic amines is 1. The van der Waals surface area contributed by atoms with Crippen molar-refractivity contribution in [1.82, 2.24) is 20.5 Å². The normalized spacial score (nSPS) is 12.3. The van der Waals surface area contributed by atoms with E-state index in [9.17, 15) is 4.79 Å². The van der Waals surface area contributed by atoms with Gasteiger partial charge in [0.15, 0.2) is 5.69 Å². The minimum absolute atomic E-state index is 0.106. The molecule has 23 heavy (non-hydrogen) atoms. The fourth-order valence-electron chi connectivity index (χ4n) is 2.33. The molecule has 0 unspecified atom stereocenters. The van der Waals surface area contributed by atoms with Crippen LogP contribution in [0.1, 0.15) is 30.8 Å². The van der Waals surface area contributed by atoms with Crippen LogP contribution in [-0.2, 0) is 0 Å². The van der Waals surface area contributed by atoms with Crippen LogP contribution >= 0.6 is 11.6 Å². The highest BCUT2D eigenvalue weighted by Gasteiger charge is 2.16. The molecule has 3 aromatic rings. The van der Waals surface area contributed by atoms with Crippen LogP contribution in [0.25, 0.3) is 22.0 Å². The predicted octanol–water partition coefficient (Wildman–Crippen LogP) is 3.81. The summed E-state index contributed by atoms with van der Waals surface area (Å²) in [6, 6.07) is 7.73. The smallest absolute Gasteiger partial charge is 0.272 e. The number of hydrogen-bond donors (Lipinski definition) is 2. The van der Waals surface area contributed by atoms with Gasteiger partial charge in [-0.1, -0.05) is 24.6 Å². The second-order valence-electron chi connectivity index (χ2n) is 5.51. The molecule has 1 aromatic carbocycles. The van der Waals surface area contributed by atoms with E-state index in [-0.39, 0.29) is 11.9 Å². The fourth-order valence-corrected chi connectivity index (χ4v) is 2.50. The molecule has 6 heteroatoms. The number of H-pyrrole nitrogens is 1. The Morgan fingerprint density at radius 2 is 2.13 bits per heavy atom. The number of nitrogens with zero attached hydrogens (tertiary/aromatic N) is 2. The number of fused-ring (bicyclic) bond motifs is 1. The van der Waals surface area contributed by atoms with Crippen LogP contribution in [-0.4, -0.2) is 27.1 Å².